The van der Waals surface area contributed by atoms with Crippen molar-refractivity contribution < 1.29 is 9.47 Å². The first-order valence-electron chi connectivity index (χ1n) is 15.5. The van der Waals surface area contributed by atoms with E-state index in [1.165, 1.54) is 25.9 Å². The molecule has 1 atom stereocenters. The number of fused-ring (bicyclic) bond motifs is 1. The molecule has 4 heterocycles. The largest absolute Gasteiger partial charge is 0.492 e. The molecule has 8 heteroatoms. The molecular formula is C35H41N5O2S. The molecule has 2 aromatic heterocycles. The van der Waals surface area contributed by atoms with Crippen LogP contribution in [-0.4, -0.2) is 65.1 Å². The third-order valence-corrected chi connectivity index (χ3v) is 9.10. The van der Waals surface area contributed by atoms with Crippen molar-refractivity contribution in [3.63, 3.8) is 0 Å². The van der Waals surface area contributed by atoms with Crippen LogP contribution in [0.2, 0.25) is 0 Å². The molecule has 4 aromatic rings. The van der Waals surface area contributed by atoms with Gasteiger partial charge in [-0.1, -0.05) is 42.5 Å². The number of nitrogens with one attached hydrogen (secondary N) is 1. The predicted molar refractivity (Wildman–Crippen MR) is 178 cm³/mol. The fraction of sp³-hybridized carbons (Fsp3) is 0.400. The van der Waals surface area contributed by atoms with Gasteiger partial charge in [-0.15, -0.1) is 0 Å². The molecule has 6 rings (SSSR count). The van der Waals surface area contributed by atoms with E-state index in [4.69, 9.17) is 26.8 Å². The number of ether oxygens (including phenoxy) is 2. The quantitative estimate of drug-likeness (QED) is 0.210. The number of benzene rings is 2. The lowest BCUT2D eigenvalue weighted by molar-refractivity contribution is -0.0367. The van der Waals surface area contributed by atoms with E-state index < -0.39 is 0 Å². The van der Waals surface area contributed by atoms with Crippen molar-refractivity contribution >= 4 is 40.3 Å². The molecule has 2 aliphatic rings. The summed E-state index contributed by atoms with van der Waals surface area (Å²) in [4.78, 5) is 7.77. The summed E-state index contributed by atoms with van der Waals surface area (Å²) in [6.07, 6.45) is 12.6. The van der Waals surface area contributed by atoms with Crippen molar-refractivity contribution in [2.24, 2.45) is 5.92 Å². The average Bonchev–Trinajstić information content (AvgIpc) is 3.43. The van der Waals surface area contributed by atoms with Crippen LogP contribution < -0.4 is 10.1 Å². The third kappa shape index (κ3) is 6.98. The van der Waals surface area contributed by atoms with Crippen LogP contribution >= 0.6 is 12.2 Å². The zero-order valence-electron chi connectivity index (χ0n) is 25.2. The van der Waals surface area contributed by atoms with Gasteiger partial charge in [0, 0.05) is 24.6 Å². The van der Waals surface area contributed by atoms with Gasteiger partial charge in [0.15, 0.2) is 6.23 Å². The topological polar surface area (TPSA) is 64.4 Å². The highest BCUT2D eigenvalue weighted by Crippen LogP contribution is 2.33. The number of pyridine rings is 1. The van der Waals surface area contributed by atoms with Crippen molar-refractivity contribution in [3.05, 3.63) is 77.7 Å². The summed E-state index contributed by atoms with van der Waals surface area (Å²) in [5, 5.41) is 9.26. The van der Waals surface area contributed by atoms with Gasteiger partial charge in [0.05, 0.1) is 29.7 Å². The SMILES string of the molecule is CNC(=S)c1ccccc1-c1ccc2c(/C=C/c3ccc(OCCC4CCN(C)CC4)cn3)nn(C3CCCCO3)c2c1. The van der Waals surface area contributed by atoms with Crippen LogP contribution in [0.1, 0.15) is 61.7 Å². The zero-order chi connectivity index (χ0) is 29.6. The van der Waals surface area contributed by atoms with Crippen LogP contribution in [0.4, 0.5) is 0 Å². The van der Waals surface area contributed by atoms with E-state index in [-0.39, 0.29) is 6.23 Å². The minimum absolute atomic E-state index is 0.0774. The Morgan fingerprint density at radius 1 is 1.07 bits per heavy atom. The summed E-state index contributed by atoms with van der Waals surface area (Å²) in [6, 6.07) is 18.8. The summed E-state index contributed by atoms with van der Waals surface area (Å²) in [5.74, 6) is 1.58. The number of rotatable bonds is 9. The van der Waals surface area contributed by atoms with Gasteiger partial charge in [-0.05, 0) is 112 Å². The molecule has 7 nitrogen and oxygen atoms in total. The monoisotopic (exact) mass is 595 g/mol. The minimum Gasteiger partial charge on any atom is -0.492 e. The van der Waals surface area contributed by atoms with Crippen molar-refractivity contribution in [2.45, 2.75) is 44.8 Å². The molecule has 0 aliphatic carbocycles. The van der Waals surface area contributed by atoms with Crippen LogP contribution in [0.5, 0.6) is 5.75 Å². The van der Waals surface area contributed by atoms with E-state index in [9.17, 15) is 0 Å². The molecule has 0 saturated carbocycles. The highest BCUT2D eigenvalue weighted by atomic mass is 32.1. The smallest absolute Gasteiger partial charge is 0.150 e. The van der Waals surface area contributed by atoms with Crippen LogP contribution in [0, 0.1) is 5.92 Å². The number of thiocarbonyl (C=S) groups is 1. The normalized spacial score (nSPS) is 18.3. The second-order valence-corrected chi connectivity index (χ2v) is 12.1. The van der Waals surface area contributed by atoms with Gasteiger partial charge >= 0.3 is 0 Å². The van der Waals surface area contributed by atoms with Crippen LogP contribution in [-0.2, 0) is 4.74 Å². The molecule has 1 N–H and O–H groups in total. The van der Waals surface area contributed by atoms with Gasteiger partial charge < -0.3 is 19.7 Å². The Labute approximate surface area is 259 Å². The lowest BCUT2D eigenvalue weighted by Gasteiger charge is -2.28. The van der Waals surface area contributed by atoms with E-state index in [0.717, 1.165) is 94.5 Å². The Morgan fingerprint density at radius 3 is 2.70 bits per heavy atom. The number of hydrogen-bond donors (Lipinski definition) is 1. The molecule has 2 aromatic carbocycles. The van der Waals surface area contributed by atoms with E-state index in [0.29, 0.717) is 0 Å². The first-order valence-corrected chi connectivity index (χ1v) is 15.9. The highest BCUT2D eigenvalue weighted by Gasteiger charge is 2.21. The Kier molecular flexibility index (Phi) is 9.46. The Balaban J connectivity index is 1.22. The summed E-state index contributed by atoms with van der Waals surface area (Å²) < 4.78 is 14.3. The summed E-state index contributed by atoms with van der Waals surface area (Å²) in [5.41, 5.74) is 6.02. The maximum Gasteiger partial charge on any atom is 0.150 e. The second kappa shape index (κ2) is 13.8. The Hall–Kier alpha value is -3.59. The molecule has 0 bridgehead atoms. The number of aromatic nitrogens is 3. The number of likely N-dealkylation sites (tertiary alicyclic amines) is 1. The summed E-state index contributed by atoms with van der Waals surface area (Å²) in [7, 11) is 4.07. The van der Waals surface area contributed by atoms with Gasteiger partial charge in [0.25, 0.3) is 0 Å². The lowest BCUT2D eigenvalue weighted by Crippen LogP contribution is -2.30. The van der Waals surface area contributed by atoms with Gasteiger partial charge in [0.2, 0.25) is 0 Å². The lowest BCUT2D eigenvalue weighted by atomic mass is 9.94. The summed E-state index contributed by atoms with van der Waals surface area (Å²) >= 11 is 5.60. The molecule has 2 saturated heterocycles. The maximum absolute atomic E-state index is 6.18. The molecule has 2 aliphatic heterocycles. The maximum atomic E-state index is 6.18. The Bertz CT molecular complexity index is 1570. The highest BCUT2D eigenvalue weighted by molar-refractivity contribution is 7.80. The zero-order valence-corrected chi connectivity index (χ0v) is 26.0. The second-order valence-electron chi connectivity index (χ2n) is 11.6. The van der Waals surface area contributed by atoms with Crippen molar-refractivity contribution in [1.29, 1.82) is 0 Å². The van der Waals surface area contributed by atoms with Crippen molar-refractivity contribution in [2.75, 3.05) is 40.4 Å². The van der Waals surface area contributed by atoms with Crippen LogP contribution in [0.25, 0.3) is 34.2 Å². The van der Waals surface area contributed by atoms with Gasteiger partial charge in [-0.25, -0.2) is 4.68 Å². The Morgan fingerprint density at radius 2 is 1.93 bits per heavy atom. The fourth-order valence-corrected chi connectivity index (χ4v) is 6.27. The molecule has 1 unspecified atom stereocenters. The minimum atomic E-state index is -0.0774. The van der Waals surface area contributed by atoms with Gasteiger partial charge in [0.1, 0.15) is 10.7 Å². The van der Waals surface area contributed by atoms with E-state index in [1.807, 2.05) is 43.6 Å². The molecule has 0 spiro atoms. The van der Waals surface area contributed by atoms with Crippen molar-refractivity contribution in [1.82, 2.24) is 25.0 Å². The van der Waals surface area contributed by atoms with E-state index in [2.05, 4.69) is 63.3 Å². The molecule has 0 amide bonds. The fourth-order valence-electron chi connectivity index (χ4n) is 6.09. The molecule has 43 heavy (non-hydrogen) atoms. The molecule has 0 radical (unpaired) electrons. The van der Waals surface area contributed by atoms with E-state index >= 15 is 0 Å². The first kappa shape index (κ1) is 29.5. The molecular weight excluding hydrogens is 554 g/mol. The van der Waals surface area contributed by atoms with E-state index in [1.54, 1.807) is 0 Å². The summed E-state index contributed by atoms with van der Waals surface area (Å²) in [6.45, 7) is 3.88. The number of piperidine rings is 1. The first-order chi connectivity index (χ1) is 21.1. The predicted octanol–water partition coefficient (Wildman–Crippen LogP) is 6.97. The molecule has 224 valence electrons. The third-order valence-electron chi connectivity index (χ3n) is 8.68. The average molecular weight is 596 g/mol. The van der Waals surface area contributed by atoms with Crippen molar-refractivity contribution in [3.8, 4) is 16.9 Å². The van der Waals surface area contributed by atoms with Gasteiger partial charge in [-0.2, -0.15) is 5.10 Å². The van der Waals surface area contributed by atoms with Crippen LogP contribution in [0.15, 0.2) is 60.8 Å². The van der Waals surface area contributed by atoms with Gasteiger partial charge in [-0.3, -0.25) is 4.98 Å². The standard InChI is InChI=1S/C35H41N5O2S/c1-36-35(43)30-8-4-3-7-29(30)26-10-14-31-32(38-40(33(31)23-26)34-9-5-6-21-42-34)15-12-27-11-13-28(24-37-27)41-22-18-25-16-19-39(2)20-17-25/h3-4,7-8,10-15,23-25,34H,5-6,9,16-22H2,1-2H3,(H,36,43)/b15-12+. The number of hydrogen-bond acceptors (Lipinski definition) is 6. The number of nitrogens with zero attached hydrogens (tertiary/aromatic N) is 4. The molecule has 2 fully saturated rings. The van der Waals surface area contributed by atoms with Crippen LogP contribution in [0.3, 0.4) is 0 Å².